The zero-order valence-corrected chi connectivity index (χ0v) is 12.6. The van der Waals surface area contributed by atoms with Crippen LogP contribution in [0.4, 0.5) is 0 Å². The van der Waals surface area contributed by atoms with Crippen LogP contribution in [0.2, 0.25) is 0 Å². The molecule has 110 valence electrons. The van der Waals surface area contributed by atoms with Crippen LogP contribution in [-0.2, 0) is 4.79 Å². The molecule has 1 aliphatic carbocycles. The van der Waals surface area contributed by atoms with Gasteiger partial charge in [0.1, 0.15) is 0 Å². The van der Waals surface area contributed by atoms with Gasteiger partial charge in [0, 0.05) is 23.4 Å². The third-order valence-corrected chi connectivity index (χ3v) is 5.57. The number of nitrogens with zero attached hydrogens (tertiary/aromatic N) is 1. The Hall–Kier alpha value is -0.870. The maximum absolute atomic E-state index is 10.9. The minimum atomic E-state index is -0.658. The molecule has 1 aliphatic heterocycles. The van der Waals surface area contributed by atoms with E-state index in [1.807, 2.05) is 11.3 Å². The summed E-state index contributed by atoms with van der Waals surface area (Å²) >= 11 is 1.86. The van der Waals surface area contributed by atoms with Crippen LogP contribution in [0, 0.1) is 5.92 Å². The molecule has 4 heteroatoms. The molecule has 2 atom stereocenters. The first kappa shape index (κ1) is 14.1. The van der Waals surface area contributed by atoms with Crippen molar-refractivity contribution < 1.29 is 9.90 Å². The molecule has 2 fully saturated rings. The Morgan fingerprint density at radius 2 is 2.25 bits per heavy atom. The first-order chi connectivity index (χ1) is 9.75. The molecule has 0 amide bonds. The first-order valence-corrected chi connectivity index (χ1v) is 8.64. The van der Waals surface area contributed by atoms with E-state index < -0.39 is 5.97 Å². The summed E-state index contributed by atoms with van der Waals surface area (Å²) in [5, 5.41) is 11.1. The highest BCUT2D eigenvalue weighted by Crippen LogP contribution is 2.48. The van der Waals surface area contributed by atoms with Crippen LogP contribution in [0.5, 0.6) is 0 Å². The Balaban J connectivity index is 1.74. The number of hydrogen-bond donors (Lipinski definition) is 1. The van der Waals surface area contributed by atoms with E-state index in [-0.39, 0.29) is 0 Å². The molecule has 3 rings (SSSR count). The molecule has 0 aromatic carbocycles. The second kappa shape index (κ2) is 6.27. The number of rotatable bonds is 6. The Morgan fingerprint density at radius 3 is 2.90 bits per heavy atom. The van der Waals surface area contributed by atoms with Crippen molar-refractivity contribution in [3.8, 4) is 0 Å². The van der Waals surface area contributed by atoms with Crippen molar-refractivity contribution in [1.82, 2.24) is 4.90 Å². The van der Waals surface area contributed by atoms with E-state index in [0.717, 1.165) is 18.9 Å². The van der Waals surface area contributed by atoms with Gasteiger partial charge in [-0.2, -0.15) is 0 Å². The smallest absolute Gasteiger partial charge is 0.303 e. The zero-order chi connectivity index (χ0) is 13.9. The molecule has 0 spiro atoms. The van der Waals surface area contributed by atoms with Crippen LogP contribution in [0.25, 0.3) is 0 Å². The van der Waals surface area contributed by atoms with Crippen molar-refractivity contribution >= 4 is 17.3 Å². The molecule has 2 unspecified atom stereocenters. The zero-order valence-electron chi connectivity index (χ0n) is 11.8. The van der Waals surface area contributed by atoms with Crippen LogP contribution in [0.3, 0.4) is 0 Å². The lowest BCUT2D eigenvalue weighted by Crippen LogP contribution is -2.42. The summed E-state index contributed by atoms with van der Waals surface area (Å²) in [6.45, 7) is 1.14. The summed E-state index contributed by atoms with van der Waals surface area (Å²) in [5.41, 5.74) is 0. The highest BCUT2D eigenvalue weighted by atomic mass is 32.1. The third-order valence-electron chi connectivity index (χ3n) is 4.62. The Labute approximate surface area is 124 Å². The third kappa shape index (κ3) is 3.23. The molecule has 1 saturated heterocycles. The van der Waals surface area contributed by atoms with Gasteiger partial charge in [0.2, 0.25) is 0 Å². The van der Waals surface area contributed by atoms with Crippen LogP contribution in [0.1, 0.15) is 55.9 Å². The SMILES string of the molecule is O=C(O)CCC1CCCCN1C(c1cccs1)C1CC1. The number of carboxylic acids is 1. The lowest BCUT2D eigenvalue weighted by Gasteiger charge is -2.41. The van der Waals surface area contributed by atoms with Crippen LogP contribution >= 0.6 is 11.3 Å². The summed E-state index contributed by atoms with van der Waals surface area (Å²) in [6, 6.07) is 5.42. The fourth-order valence-corrected chi connectivity index (χ4v) is 4.47. The van der Waals surface area contributed by atoms with Crippen molar-refractivity contribution in [1.29, 1.82) is 0 Å². The summed E-state index contributed by atoms with van der Waals surface area (Å²) in [4.78, 5) is 15.0. The molecule has 2 aliphatic rings. The Kier molecular flexibility index (Phi) is 4.41. The standard InChI is InChI=1S/C16H23NO2S/c18-15(19)9-8-13-4-1-2-10-17(13)16(12-6-7-12)14-5-3-11-20-14/h3,5,11-13,16H,1-2,4,6-10H2,(H,18,19). The molecule has 2 heterocycles. The Morgan fingerprint density at radius 1 is 1.40 bits per heavy atom. The van der Waals surface area contributed by atoms with Gasteiger partial charge >= 0.3 is 5.97 Å². The van der Waals surface area contributed by atoms with Gasteiger partial charge in [-0.25, -0.2) is 0 Å². The fourth-order valence-electron chi connectivity index (χ4n) is 3.53. The van der Waals surface area contributed by atoms with E-state index in [0.29, 0.717) is 18.5 Å². The molecule has 0 radical (unpaired) electrons. The summed E-state index contributed by atoms with van der Waals surface area (Å²) < 4.78 is 0. The van der Waals surface area contributed by atoms with Gasteiger partial charge in [-0.05, 0) is 56.0 Å². The van der Waals surface area contributed by atoms with Gasteiger partial charge < -0.3 is 5.11 Å². The van der Waals surface area contributed by atoms with Crippen LogP contribution in [-0.4, -0.2) is 28.6 Å². The van der Waals surface area contributed by atoms with E-state index in [1.54, 1.807) is 0 Å². The quantitative estimate of drug-likeness (QED) is 0.864. The molecular formula is C16H23NO2S. The predicted molar refractivity (Wildman–Crippen MR) is 81.0 cm³/mol. The summed E-state index contributed by atoms with van der Waals surface area (Å²) in [7, 11) is 0. The number of piperidine rings is 1. The van der Waals surface area contributed by atoms with Gasteiger partial charge in [0.15, 0.2) is 0 Å². The van der Waals surface area contributed by atoms with Crippen molar-refractivity contribution in [3.63, 3.8) is 0 Å². The van der Waals surface area contributed by atoms with Crippen LogP contribution < -0.4 is 0 Å². The van der Waals surface area contributed by atoms with Crippen molar-refractivity contribution in [2.24, 2.45) is 5.92 Å². The first-order valence-electron chi connectivity index (χ1n) is 7.76. The number of carbonyl (C=O) groups is 1. The van der Waals surface area contributed by atoms with E-state index >= 15 is 0 Å². The van der Waals surface area contributed by atoms with Gasteiger partial charge in [0.05, 0.1) is 0 Å². The van der Waals surface area contributed by atoms with Crippen molar-refractivity contribution in [2.75, 3.05) is 6.54 Å². The molecule has 1 aromatic rings. The van der Waals surface area contributed by atoms with Crippen molar-refractivity contribution in [3.05, 3.63) is 22.4 Å². The predicted octanol–water partition coefficient (Wildman–Crippen LogP) is 3.92. The minimum Gasteiger partial charge on any atom is -0.481 e. The summed E-state index contributed by atoms with van der Waals surface area (Å²) in [6.07, 6.45) is 7.48. The lowest BCUT2D eigenvalue weighted by atomic mass is 9.94. The normalized spacial score (nSPS) is 25.5. The molecule has 20 heavy (non-hydrogen) atoms. The second-order valence-corrected chi connectivity index (χ2v) is 7.10. The molecule has 1 aromatic heterocycles. The van der Waals surface area contributed by atoms with E-state index in [4.69, 9.17) is 5.11 Å². The molecular weight excluding hydrogens is 270 g/mol. The topological polar surface area (TPSA) is 40.5 Å². The van der Waals surface area contributed by atoms with Crippen LogP contribution in [0.15, 0.2) is 17.5 Å². The maximum Gasteiger partial charge on any atom is 0.303 e. The van der Waals surface area contributed by atoms with Gasteiger partial charge in [-0.1, -0.05) is 12.5 Å². The average Bonchev–Trinajstić information content (AvgIpc) is 3.12. The number of likely N-dealkylation sites (tertiary alicyclic amines) is 1. The molecule has 0 bridgehead atoms. The highest BCUT2D eigenvalue weighted by Gasteiger charge is 2.40. The van der Waals surface area contributed by atoms with Crippen molar-refractivity contribution in [2.45, 2.75) is 57.0 Å². The molecule has 1 N–H and O–H groups in total. The lowest BCUT2D eigenvalue weighted by molar-refractivity contribution is -0.137. The van der Waals surface area contributed by atoms with E-state index in [1.165, 1.54) is 37.0 Å². The second-order valence-electron chi connectivity index (χ2n) is 6.12. The number of aliphatic carboxylic acids is 1. The number of hydrogen-bond acceptors (Lipinski definition) is 3. The molecule has 1 saturated carbocycles. The van der Waals surface area contributed by atoms with Gasteiger partial charge in [0.25, 0.3) is 0 Å². The van der Waals surface area contributed by atoms with Gasteiger partial charge in [-0.3, -0.25) is 9.69 Å². The fraction of sp³-hybridized carbons (Fsp3) is 0.688. The highest BCUT2D eigenvalue weighted by molar-refractivity contribution is 7.10. The minimum absolute atomic E-state index is 0.309. The largest absolute Gasteiger partial charge is 0.481 e. The Bertz CT molecular complexity index is 441. The molecule has 3 nitrogen and oxygen atoms in total. The number of carboxylic acid groups (broad SMARTS) is 1. The average molecular weight is 293 g/mol. The number of thiophene rings is 1. The van der Waals surface area contributed by atoms with E-state index in [9.17, 15) is 4.79 Å². The monoisotopic (exact) mass is 293 g/mol. The van der Waals surface area contributed by atoms with Gasteiger partial charge in [-0.15, -0.1) is 11.3 Å². The maximum atomic E-state index is 10.9. The summed E-state index contributed by atoms with van der Waals surface area (Å²) in [5.74, 6) is 0.147. The van der Waals surface area contributed by atoms with E-state index in [2.05, 4.69) is 22.4 Å².